The molecule has 0 radical (unpaired) electrons. The van der Waals surface area contributed by atoms with Gasteiger partial charge in [-0.2, -0.15) is 19.9 Å². The highest BCUT2D eigenvalue weighted by atomic mass is 19.1. The Balaban J connectivity index is 0.000000348. The molecule has 2 fully saturated rings. The van der Waals surface area contributed by atoms with Crippen molar-refractivity contribution in [3.8, 4) is 12.0 Å². The average molecular weight is 1170 g/mol. The third-order valence-corrected chi connectivity index (χ3v) is 14.2. The molecule has 2 aromatic carbocycles. The number of nitrogens with zero attached hydrogens (tertiary/aromatic N) is 13. The van der Waals surface area contributed by atoms with Crippen LogP contribution in [0.25, 0.3) is 0 Å². The summed E-state index contributed by atoms with van der Waals surface area (Å²) in [6.45, 7) is 17.3. The van der Waals surface area contributed by atoms with E-state index < -0.39 is 16.6 Å². The molecule has 25 heteroatoms. The van der Waals surface area contributed by atoms with E-state index in [-0.39, 0.29) is 81.3 Å². The Kier molecular flexibility index (Phi) is 30.5. The summed E-state index contributed by atoms with van der Waals surface area (Å²) in [7, 11) is 4.68. The van der Waals surface area contributed by atoms with E-state index in [0.29, 0.717) is 96.2 Å². The molecule has 464 valence electrons. The zero-order valence-corrected chi connectivity index (χ0v) is 49.6. The number of carbonyl (C=O) groups excluding carboxylic acids is 4. The van der Waals surface area contributed by atoms with E-state index >= 15 is 0 Å². The number of anilines is 4. The number of piperazine rings is 2. The number of aromatic nitrogens is 4. The summed E-state index contributed by atoms with van der Waals surface area (Å²) in [6, 6.07) is 20.0. The van der Waals surface area contributed by atoms with Crippen LogP contribution in [0.3, 0.4) is 0 Å². The molecule has 0 unspecified atom stereocenters. The number of amides is 2. The van der Waals surface area contributed by atoms with Gasteiger partial charge in [-0.15, -0.1) is 0 Å². The van der Waals surface area contributed by atoms with Gasteiger partial charge in [0.1, 0.15) is 18.2 Å². The van der Waals surface area contributed by atoms with Crippen molar-refractivity contribution >= 4 is 52.5 Å². The molecule has 4 N–H and O–H groups in total. The van der Waals surface area contributed by atoms with Gasteiger partial charge in [0.05, 0.1) is 51.6 Å². The first kappa shape index (κ1) is 69.1. The number of ketones is 1. The number of nitrogen functional groups attached to an aromatic ring is 2. The molecule has 0 atom stereocenters. The average Bonchev–Trinajstić information content (AvgIpc) is 3.66. The fourth-order valence-electron chi connectivity index (χ4n) is 9.52. The number of fused-ring (bicyclic) bond motifs is 1. The van der Waals surface area contributed by atoms with Gasteiger partial charge >= 0.3 is 23.7 Å². The van der Waals surface area contributed by atoms with Gasteiger partial charge in [-0.1, -0.05) is 94.8 Å². The van der Waals surface area contributed by atoms with Gasteiger partial charge in [0, 0.05) is 104 Å². The van der Waals surface area contributed by atoms with Crippen LogP contribution in [0.15, 0.2) is 60.7 Å². The number of Topliss-reactive ketones (excluding diaryl/α,β-unsaturated/α-hetero) is 1. The van der Waals surface area contributed by atoms with Crippen LogP contribution in [-0.2, 0) is 43.4 Å². The number of rotatable bonds is 29. The Bertz CT molecular complexity index is 2630. The zero-order valence-electron chi connectivity index (χ0n) is 49.6. The number of hydrogen-bond acceptors (Lipinski definition) is 21. The summed E-state index contributed by atoms with van der Waals surface area (Å²) < 4.78 is 26.0. The van der Waals surface area contributed by atoms with Crippen LogP contribution in [-0.4, -0.2) is 224 Å². The maximum Gasteiger partial charge on any atom is 0.353 e. The van der Waals surface area contributed by atoms with Gasteiger partial charge < -0.3 is 55.1 Å². The second-order valence-corrected chi connectivity index (χ2v) is 20.7. The van der Waals surface area contributed by atoms with Crippen molar-refractivity contribution in [1.82, 2.24) is 49.3 Å². The lowest BCUT2D eigenvalue weighted by Gasteiger charge is -2.34. The number of ether oxygens (including phenoxy) is 3. The lowest BCUT2D eigenvalue weighted by molar-refractivity contribution is -0.383. The van der Waals surface area contributed by atoms with Crippen molar-refractivity contribution in [2.24, 2.45) is 0 Å². The Morgan fingerprint density at radius 3 is 1.65 bits per heavy atom. The first-order valence-electron chi connectivity index (χ1n) is 28.9. The van der Waals surface area contributed by atoms with Crippen molar-refractivity contribution in [1.29, 1.82) is 0 Å². The van der Waals surface area contributed by atoms with Crippen LogP contribution in [0.1, 0.15) is 83.4 Å². The van der Waals surface area contributed by atoms with Gasteiger partial charge in [-0.3, -0.25) is 43.5 Å². The van der Waals surface area contributed by atoms with Crippen LogP contribution >= 0.6 is 0 Å². The normalized spacial score (nSPS) is 14.6. The van der Waals surface area contributed by atoms with Crippen molar-refractivity contribution in [3.63, 3.8) is 0 Å². The van der Waals surface area contributed by atoms with Gasteiger partial charge in [0.15, 0.2) is 5.78 Å². The van der Waals surface area contributed by atoms with Crippen molar-refractivity contribution in [2.75, 3.05) is 167 Å². The number of benzene rings is 2. The Labute approximate surface area is 495 Å². The van der Waals surface area contributed by atoms with E-state index in [1.54, 1.807) is 11.8 Å². The molecule has 7 rings (SSSR count). The monoisotopic (exact) mass is 1170 g/mol. The minimum Gasteiger partial charge on any atom is -0.465 e. The SMILES string of the molecule is C.CCCCOc1nc(N)c([N+](=O)[O-])c(N(CCCN(Cc2ccccc2)C(=O)CN2CCN(C)CC2)CC(=O)OCC)n1.CCCCOc1nc(N)c2c(n1)N(CCCN(Cc1ccccc1)C(=O)CN1CCN(C)CC1)CC(=O)C2.CF. The quantitative estimate of drug-likeness (QED) is 0.0305. The Morgan fingerprint density at radius 1 is 0.679 bits per heavy atom. The van der Waals surface area contributed by atoms with Crippen LogP contribution in [0, 0.1) is 10.1 Å². The van der Waals surface area contributed by atoms with Crippen molar-refractivity contribution in [3.05, 3.63) is 87.5 Å². The highest BCUT2D eigenvalue weighted by molar-refractivity contribution is 5.91. The minimum absolute atomic E-state index is 0. The molecule has 2 amide bonds. The standard InChI is InChI=1S/C29H44N8O6.C28H41N7O3.CH3F.CH4/c1-4-6-19-43-29-31-27(30)26(37(40)41)28(32-29)36(22-25(39)42-5-2)14-10-13-35(20-23-11-8-7-9-12-23)24(38)21-34-17-15-33(3)16-18-34;1-3-4-17-38-28-30-26(29)24-18-23(36)20-35(27(24)31-28)12-8-11-34(19-22-9-6-5-7-10-22)25(37)21-33-15-13-32(2)14-16-33;1-2;/h7-9,11-12H,4-6,10,13-22H2,1-3H3,(H2,30,31,32);5-7,9-10H,3-4,8,11-21H2,1-2H3,(H2,29,30,31);1H3;1H4. The number of carbonyl (C=O) groups is 4. The lowest BCUT2D eigenvalue weighted by Crippen LogP contribution is -2.49. The predicted molar refractivity (Wildman–Crippen MR) is 325 cm³/mol. The van der Waals surface area contributed by atoms with E-state index in [1.165, 1.54) is 4.90 Å². The predicted octanol–water partition coefficient (Wildman–Crippen LogP) is 5.24. The van der Waals surface area contributed by atoms with E-state index in [1.807, 2.05) is 65.3 Å². The number of hydrogen-bond donors (Lipinski definition) is 2. The molecular weight excluding hydrogens is 1080 g/mol. The largest absolute Gasteiger partial charge is 0.465 e. The summed E-state index contributed by atoms with van der Waals surface area (Å²) in [6.07, 6.45) is 4.85. The Morgan fingerprint density at radius 2 is 1.17 bits per heavy atom. The fraction of sp³-hybridized carbons (Fsp3) is 0.593. The fourth-order valence-corrected chi connectivity index (χ4v) is 9.52. The molecule has 24 nitrogen and oxygen atoms in total. The van der Waals surface area contributed by atoms with Gasteiger partial charge in [0.25, 0.3) is 0 Å². The molecule has 5 heterocycles. The highest BCUT2D eigenvalue weighted by Crippen LogP contribution is 2.33. The molecule has 0 aliphatic carbocycles. The molecule has 0 bridgehead atoms. The van der Waals surface area contributed by atoms with E-state index in [2.05, 4.69) is 72.7 Å². The van der Waals surface area contributed by atoms with Crippen LogP contribution < -0.4 is 30.7 Å². The molecular formula is C59H92FN15O9. The molecule has 3 aliphatic rings. The molecule has 2 saturated heterocycles. The summed E-state index contributed by atoms with van der Waals surface area (Å²) in [5.41, 5.74) is 14.4. The molecule has 84 heavy (non-hydrogen) atoms. The van der Waals surface area contributed by atoms with Crippen LogP contribution in [0.2, 0.25) is 0 Å². The minimum atomic E-state index is -0.667. The number of nitro groups is 1. The number of unbranched alkanes of at least 4 members (excludes halogenated alkanes) is 2. The molecule has 0 spiro atoms. The molecule has 0 saturated carbocycles. The number of likely N-dealkylation sites (N-methyl/N-ethyl adjacent to an activating group) is 2. The van der Waals surface area contributed by atoms with E-state index in [4.69, 9.17) is 25.7 Å². The van der Waals surface area contributed by atoms with Gasteiger partial charge in [-0.25, -0.2) is 0 Å². The summed E-state index contributed by atoms with van der Waals surface area (Å²) in [5.74, 6) is 0.115. The van der Waals surface area contributed by atoms with Crippen molar-refractivity contribution in [2.45, 2.75) is 86.2 Å². The summed E-state index contributed by atoms with van der Waals surface area (Å²) in [5, 5.41) is 12.0. The number of halogens is 1. The first-order chi connectivity index (χ1) is 40.1. The van der Waals surface area contributed by atoms with Gasteiger partial charge in [0.2, 0.25) is 23.5 Å². The van der Waals surface area contributed by atoms with Gasteiger partial charge in [-0.05, 0) is 57.8 Å². The van der Waals surface area contributed by atoms with Crippen molar-refractivity contribution < 1.29 is 42.7 Å². The second-order valence-electron chi connectivity index (χ2n) is 20.7. The third-order valence-electron chi connectivity index (χ3n) is 14.2. The highest BCUT2D eigenvalue weighted by Gasteiger charge is 2.31. The molecule has 2 aromatic heterocycles. The van der Waals surface area contributed by atoms with Crippen LogP contribution in [0.4, 0.5) is 33.3 Å². The number of nitrogens with two attached hydrogens (primary N) is 2. The van der Waals surface area contributed by atoms with Crippen LogP contribution in [0.5, 0.6) is 12.0 Å². The zero-order chi connectivity index (χ0) is 60.1. The maximum atomic E-state index is 13.5. The smallest absolute Gasteiger partial charge is 0.353 e. The number of alkyl halides is 1. The number of esters is 1. The second kappa shape index (κ2) is 37.1. The molecule has 3 aliphatic heterocycles. The third kappa shape index (κ3) is 22.7. The Hall–Kier alpha value is -7.35. The van der Waals surface area contributed by atoms with E-state index in [0.717, 1.165) is 89.2 Å². The maximum absolute atomic E-state index is 13.5. The first-order valence-corrected chi connectivity index (χ1v) is 28.9. The molecule has 4 aromatic rings. The topological polar surface area (TPSA) is 269 Å². The summed E-state index contributed by atoms with van der Waals surface area (Å²) >= 11 is 0. The lowest BCUT2D eigenvalue weighted by atomic mass is 10.0. The van der Waals surface area contributed by atoms with E-state index in [9.17, 15) is 33.7 Å². The summed E-state index contributed by atoms with van der Waals surface area (Å²) in [4.78, 5) is 96.5.